The van der Waals surface area contributed by atoms with Crippen molar-refractivity contribution >= 4 is 51.9 Å². The van der Waals surface area contributed by atoms with Crippen molar-refractivity contribution in [3.63, 3.8) is 0 Å². The number of hydrogen-bond acceptors (Lipinski definition) is 12. The molecule has 52 heavy (non-hydrogen) atoms. The molecule has 0 N–H and O–H groups in total. The standard InChI is InChI=1S/3C10H9F3O3S.Eu/c3*1-6(14)5-8(10(11,12)13)16-9(15)7-3-2-4-17-7;/h3*2-5,8,14H,1H3;/q;;;+3/p-3/b3*6-5+;. The number of thiophene rings is 3. The predicted molar refractivity (Wildman–Crippen MR) is 160 cm³/mol. The van der Waals surface area contributed by atoms with Crippen LogP contribution in [0.4, 0.5) is 39.5 Å². The number of esters is 3. The summed E-state index contributed by atoms with van der Waals surface area (Å²) in [4.78, 5) is 34.1. The van der Waals surface area contributed by atoms with E-state index in [1.165, 1.54) is 52.5 Å². The molecule has 3 aromatic rings. The summed E-state index contributed by atoms with van der Waals surface area (Å²) in [5.74, 6) is -5.73. The van der Waals surface area contributed by atoms with E-state index in [0.717, 1.165) is 54.8 Å². The molecule has 0 saturated carbocycles. The molecule has 286 valence electrons. The van der Waals surface area contributed by atoms with Crippen molar-refractivity contribution in [3.8, 4) is 0 Å². The Bertz CT molecular complexity index is 1410. The number of rotatable bonds is 9. The minimum Gasteiger partial charge on any atom is -0.876 e. The van der Waals surface area contributed by atoms with E-state index in [1.54, 1.807) is 0 Å². The van der Waals surface area contributed by atoms with E-state index in [1.807, 2.05) is 0 Å². The van der Waals surface area contributed by atoms with Gasteiger partial charge in [0.2, 0.25) is 18.3 Å². The fourth-order valence-corrected chi connectivity index (χ4v) is 4.75. The summed E-state index contributed by atoms with van der Waals surface area (Å²) in [6.45, 7) is 2.87. The summed E-state index contributed by atoms with van der Waals surface area (Å²) in [6, 6.07) is 8.56. The van der Waals surface area contributed by atoms with Gasteiger partial charge in [0.15, 0.2) is 0 Å². The van der Waals surface area contributed by atoms with Crippen LogP contribution in [0.2, 0.25) is 0 Å². The Morgan fingerprint density at radius 1 is 0.538 bits per heavy atom. The molecule has 3 rings (SSSR count). The van der Waals surface area contributed by atoms with Crippen molar-refractivity contribution in [2.24, 2.45) is 0 Å². The molecule has 0 radical (unpaired) electrons. The van der Waals surface area contributed by atoms with Gasteiger partial charge in [-0.3, -0.25) is 0 Å². The maximum absolute atomic E-state index is 12.4. The fourth-order valence-electron chi connectivity index (χ4n) is 2.93. The summed E-state index contributed by atoms with van der Waals surface area (Å²) in [5.41, 5.74) is 0. The molecule has 3 heterocycles. The van der Waals surface area contributed by atoms with Gasteiger partial charge in [-0.05, 0) is 52.6 Å². The van der Waals surface area contributed by atoms with E-state index in [0.29, 0.717) is 18.2 Å². The fraction of sp³-hybridized carbons (Fsp3) is 0.300. The normalized spacial score (nSPS) is 14.2. The molecule has 0 aliphatic heterocycles. The molecule has 0 spiro atoms. The van der Waals surface area contributed by atoms with Gasteiger partial charge in [0.1, 0.15) is 14.6 Å². The molecule has 0 saturated heterocycles. The average Bonchev–Trinajstić information content (AvgIpc) is 3.79. The second kappa shape index (κ2) is 22.3. The Morgan fingerprint density at radius 3 is 0.885 bits per heavy atom. The second-order valence-electron chi connectivity index (χ2n) is 9.37. The Morgan fingerprint density at radius 2 is 0.750 bits per heavy atom. The van der Waals surface area contributed by atoms with E-state index in [9.17, 15) is 69.2 Å². The van der Waals surface area contributed by atoms with Crippen LogP contribution in [0.15, 0.2) is 88.0 Å². The van der Waals surface area contributed by atoms with Crippen LogP contribution in [0.1, 0.15) is 49.8 Å². The number of ether oxygens (including phenoxy) is 3. The zero-order valence-electron chi connectivity index (χ0n) is 26.3. The SMILES string of the molecule is C/C([O-])=C\C(OC(=O)c1cccs1)C(F)(F)F.C/C([O-])=C\C(OC(=O)c1cccs1)C(F)(F)F.C/C([O-])=C\C(OC(=O)c1cccs1)C(F)(F)F.[Eu+3]. The molecule has 3 unspecified atom stereocenters. The number of carbonyl (C=O) groups is 3. The van der Waals surface area contributed by atoms with Crippen molar-refractivity contribution in [2.45, 2.75) is 57.6 Å². The Labute approximate surface area is 342 Å². The Kier molecular flexibility index (Phi) is 21.1. The topological polar surface area (TPSA) is 148 Å². The number of alkyl halides is 9. The maximum Gasteiger partial charge on any atom is 3.00 e. The summed E-state index contributed by atoms with van der Waals surface area (Å²) in [7, 11) is 0. The van der Waals surface area contributed by atoms with Crippen LogP contribution >= 0.6 is 34.0 Å². The van der Waals surface area contributed by atoms with Gasteiger partial charge in [-0.15, -0.1) is 51.3 Å². The molecule has 3 atom stereocenters. The molecule has 9 nitrogen and oxygen atoms in total. The first kappa shape index (κ1) is 49.1. The van der Waals surface area contributed by atoms with Crippen LogP contribution in [-0.2, 0) is 14.2 Å². The number of allylic oxidation sites excluding steroid dienone is 3. The molecule has 0 aliphatic rings. The summed E-state index contributed by atoms with van der Waals surface area (Å²) in [5, 5.41) is 36.5. The third-order valence-corrected chi connectivity index (χ3v) is 7.54. The number of carbonyl (C=O) groups excluding carboxylic acids is 3. The third-order valence-electron chi connectivity index (χ3n) is 5.00. The van der Waals surface area contributed by atoms with E-state index in [4.69, 9.17) is 0 Å². The average molecular weight is 948 g/mol. The molecular formula is C30H24EuF9O9S3. The van der Waals surface area contributed by atoms with Crippen molar-refractivity contribution in [1.82, 2.24) is 0 Å². The molecular weight excluding hydrogens is 923 g/mol. The molecule has 0 amide bonds. The minimum absolute atomic E-state index is 0. The summed E-state index contributed by atoms with van der Waals surface area (Å²) < 4.78 is 125. The van der Waals surface area contributed by atoms with Gasteiger partial charge in [0.05, 0.1) is 0 Å². The second-order valence-corrected chi connectivity index (χ2v) is 12.2. The van der Waals surface area contributed by atoms with E-state index in [-0.39, 0.29) is 64.0 Å². The van der Waals surface area contributed by atoms with E-state index < -0.39 is 72.0 Å². The quantitative estimate of drug-likeness (QED) is 0.104. The molecule has 0 aromatic carbocycles. The van der Waals surface area contributed by atoms with Crippen LogP contribution in [0.3, 0.4) is 0 Å². The zero-order valence-corrected chi connectivity index (χ0v) is 31.2. The Balaban J connectivity index is 0.000000743. The third kappa shape index (κ3) is 19.2. The van der Waals surface area contributed by atoms with Gasteiger partial charge in [-0.2, -0.15) is 39.5 Å². The van der Waals surface area contributed by atoms with Gasteiger partial charge < -0.3 is 29.5 Å². The summed E-state index contributed by atoms with van der Waals surface area (Å²) in [6.07, 6.45) is -20.9. The molecule has 22 heteroatoms. The van der Waals surface area contributed by atoms with Crippen LogP contribution in [-0.4, -0.2) is 54.7 Å². The van der Waals surface area contributed by atoms with Crippen LogP contribution in [0.5, 0.6) is 0 Å². The predicted octanol–water partition coefficient (Wildman–Crippen LogP) is 6.30. The van der Waals surface area contributed by atoms with Crippen molar-refractivity contribution in [2.75, 3.05) is 0 Å². The summed E-state index contributed by atoms with van der Waals surface area (Å²) >= 11 is 2.89. The minimum atomic E-state index is -4.79. The number of hydrogen-bond donors (Lipinski definition) is 0. The first-order chi connectivity index (χ1) is 23.4. The first-order valence-electron chi connectivity index (χ1n) is 13.4. The molecule has 0 aliphatic carbocycles. The molecule has 0 fully saturated rings. The van der Waals surface area contributed by atoms with E-state index in [2.05, 4.69) is 14.2 Å². The van der Waals surface area contributed by atoms with Gasteiger partial charge in [0.25, 0.3) is 0 Å². The van der Waals surface area contributed by atoms with Gasteiger partial charge in [-0.1, -0.05) is 39.0 Å². The van der Waals surface area contributed by atoms with Crippen LogP contribution < -0.4 is 15.3 Å². The van der Waals surface area contributed by atoms with Gasteiger partial charge in [0, 0.05) is 0 Å². The largest absolute Gasteiger partial charge is 3.00 e. The van der Waals surface area contributed by atoms with E-state index >= 15 is 0 Å². The smallest absolute Gasteiger partial charge is 0.876 e. The molecule has 0 bridgehead atoms. The Hall–Kier alpha value is -2.92. The van der Waals surface area contributed by atoms with Gasteiger partial charge >= 0.3 is 85.8 Å². The number of halogens is 9. The zero-order chi connectivity index (χ0) is 39.2. The first-order valence-corrected chi connectivity index (χ1v) is 16.1. The van der Waals surface area contributed by atoms with Crippen LogP contribution in [0, 0.1) is 49.4 Å². The van der Waals surface area contributed by atoms with Crippen molar-refractivity contribution in [3.05, 3.63) is 103 Å². The monoisotopic (exact) mass is 948 g/mol. The van der Waals surface area contributed by atoms with Crippen LogP contribution in [0.25, 0.3) is 0 Å². The van der Waals surface area contributed by atoms with Crippen molar-refractivity contribution < 1.29 is 133 Å². The van der Waals surface area contributed by atoms with Gasteiger partial charge in [-0.25, -0.2) is 14.4 Å². The van der Waals surface area contributed by atoms with Crippen molar-refractivity contribution in [1.29, 1.82) is 0 Å². The molecule has 3 aromatic heterocycles. The maximum atomic E-state index is 12.4.